The minimum absolute atomic E-state index is 0.0554. The lowest BCUT2D eigenvalue weighted by Gasteiger charge is -2.38. The standard InChI is InChI=1S/C21H27N3O3/c1-14-19(27-12-15-7-5-4-6-8-15)18(20(25)26)24-17(23-14)11-16-9-10-22-13-21(16,2)3/h4-8,16,22H,9-13H2,1-3H3,(H,25,26). The van der Waals surface area contributed by atoms with Crippen LogP contribution in [0.5, 0.6) is 5.75 Å². The summed E-state index contributed by atoms with van der Waals surface area (Å²) in [6.07, 6.45) is 1.71. The van der Waals surface area contributed by atoms with Crippen LogP contribution < -0.4 is 10.1 Å². The highest BCUT2D eigenvalue weighted by Gasteiger charge is 2.33. The summed E-state index contributed by atoms with van der Waals surface area (Å²) >= 11 is 0. The van der Waals surface area contributed by atoms with Crippen molar-refractivity contribution in [3.8, 4) is 5.75 Å². The minimum atomic E-state index is -1.09. The van der Waals surface area contributed by atoms with Crippen molar-refractivity contribution < 1.29 is 14.6 Å². The number of carbonyl (C=O) groups is 1. The largest absolute Gasteiger partial charge is 0.484 e. The van der Waals surface area contributed by atoms with Crippen LogP contribution in [0.1, 0.15) is 47.8 Å². The second-order valence-electron chi connectivity index (χ2n) is 7.84. The zero-order chi connectivity index (χ0) is 19.4. The zero-order valence-electron chi connectivity index (χ0n) is 16.2. The van der Waals surface area contributed by atoms with Crippen molar-refractivity contribution in [3.05, 3.63) is 53.1 Å². The highest BCUT2D eigenvalue weighted by Crippen LogP contribution is 2.34. The summed E-state index contributed by atoms with van der Waals surface area (Å²) in [6, 6.07) is 9.64. The maximum absolute atomic E-state index is 11.8. The molecule has 0 spiro atoms. The number of nitrogens with zero attached hydrogens (tertiary/aromatic N) is 2. The predicted octanol–water partition coefficient (Wildman–Crippen LogP) is 3.24. The fourth-order valence-electron chi connectivity index (χ4n) is 3.58. The molecule has 144 valence electrons. The number of hydrogen-bond donors (Lipinski definition) is 2. The van der Waals surface area contributed by atoms with Gasteiger partial charge in [0, 0.05) is 13.0 Å². The number of carboxylic acids is 1. The Hall–Kier alpha value is -2.47. The summed E-state index contributed by atoms with van der Waals surface area (Å²) in [5, 5.41) is 13.1. The first-order chi connectivity index (χ1) is 12.9. The number of aromatic carboxylic acids is 1. The first kappa shape index (κ1) is 19.3. The SMILES string of the molecule is Cc1nc(CC2CCNCC2(C)C)nc(C(=O)O)c1OCc1ccccc1. The molecule has 0 saturated carbocycles. The van der Waals surface area contributed by atoms with Gasteiger partial charge in [-0.05, 0) is 36.8 Å². The summed E-state index contributed by atoms with van der Waals surface area (Å²) in [7, 11) is 0. The second kappa shape index (κ2) is 8.05. The van der Waals surface area contributed by atoms with Crippen LogP contribution in [0.4, 0.5) is 0 Å². The van der Waals surface area contributed by atoms with Gasteiger partial charge in [0.15, 0.2) is 11.4 Å². The van der Waals surface area contributed by atoms with Gasteiger partial charge in [-0.3, -0.25) is 0 Å². The number of piperidine rings is 1. The molecule has 3 rings (SSSR count). The number of benzene rings is 1. The van der Waals surface area contributed by atoms with Gasteiger partial charge in [0.2, 0.25) is 0 Å². The number of rotatable bonds is 6. The average molecular weight is 369 g/mol. The van der Waals surface area contributed by atoms with E-state index in [1.807, 2.05) is 30.3 Å². The van der Waals surface area contributed by atoms with Crippen molar-refractivity contribution in [2.24, 2.45) is 11.3 Å². The topological polar surface area (TPSA) is 84.3 Å². The fraction of sp³-hybridized carbons (Fsp3) is 0.476. The first-order valence-corrected chi connectivity index (χ1v) is 9.35. The van der Waals surface area contributed by atoms with E-state index in [1.165, 1.54) is 0 Å². The number of aromatic nitrogens is 2. The Morgan fingerprint density at radius 3 is 2.70 bits per heavy atom. The van der Waals surface area contributed by atoms with Crippen LogP contribution in [0.25, 0.3) is 0 Å². The number of carboxylic acid groups (broad SMARTS) is 1. The van der Waals surface area contributed by atoms with E-state index >= 15 is 0 Å². The van der Waals surface area contributed by atoms with Gasteiger partial charge in [0.05, 0.1) is 5.69 Å². The molecule has 1 aromatic heterocycles. The molecule has 1 unspecified atom stereocenters. The van der Waals surface area contributed by atoms with Crippen molar-refractivity contribution >= 4 is 5.97 Å². The van der Waals surface area contributed by atoms with Gasteiger partial charge in [-0.25, -0.2) is 14.8 Å². The molecule has 1 fully saturated rings. The molecular weight excluding hydrogens is 342 g/mol. The van der Waals surface area contributed by atoms with Crippen molar-refractivity contribution in [2.45, 2.75) is 40.2 Å². The normalized spacial score (nSPS) is 18.9. The molecule has 0 radical (unpaired) electrons. The van der Waals surface area contributed by atoms with Crippen molar-refractivity contribution in [3.63, 3.8) is 0 Å². The highest BCUT2D eigenvalue weighted by molar-refractivity contribution is 5.88. The van der Waals surface area contributed by atoms with E-state index in [9.17, 15) is 9.90 Å². The molecule has 0 aliphatic carbocycles. The van der Waals surface area contributed by atoms with E-state index in [0.29, 0.717) is 23.9 Å². The molecule has 2 aromatic rings. The van der Waals surface area contributed by atoms with Gasteiger partial charge in [-0.15, -0.1) is 0 Å². The average Bonchev–Trinajstić information content (AvgIpc) is 2.63. The lowest BCUT2D eigenvalue weighted by atomic mass is 9.73. The Balaban J connectivity index is 1.82. The molecule has 6 nitrogen and oxygen atoms in total. The molecule has 0 amide bonds. The smallest absolute Gasteiger partial charge is 0.358 e. The molecule has 1 aliphatic rings. The number of nitrogens with one attached hydrogen (secondary N) is 1. The second-order valence-corrected chi connectivity index (χ2v) is 7.84. The van der Waals surface area contributed by atoms with Crippen LogP contribution in [0, 0.1) is 18.3 Å². The maximum Gasteiger partial charge on any atom is 0.358 e. The van der Waals surface area contributed by atoms with E-state index in [1.54, 1.807) is 6.92 Å². The number of ether oxygens (including phenoxy) is 1. The Labute approximate surface area is 160 Å². The third-order valence-corrected chi connectivity index (χ3v) is 5.29. The van der Waals surface area contributed by atoms with Gasteiger partial charge < -0.3 is 15.2 Å². The summed E-state index contributed by atoms with van der Waals surface area (Å²) < 4.78 is 5.79. The lowest BCUT2D eigenvalue weighted by Crippen LogP contribution is -2.43. The van der Waals surface area contributed by atoms with Gasteiger partial charge in [-0.2, -0.15) is 0 Å². The van der Waals surface area contributed by atoms with Crippen molar-refractivity contribution in [1.29, 1.82) is 0 Å². The Morgan fingerprint density at radius 2 is 2.04 bits per heavy atom. The minimum Gasteiger partial charge on any atom is -0.484 e. The number of aryl methyl sites for hydroxylation is 1. The molecule has 1 aliphatic heterocycles. The number of hydrogen-bond acceptors (Lipinski definition) is 5. The third-order valence-electron chi connectivity index (χ3n) is 5.29. The maximum atomic E-state index is 11.8. The molecule has 6 heteroatoms. The lowest BCUT2D eigenvalue weighted by molar-refractivity contribution is 0.0683. The molecule has 1 saturated heterocycles. The molecular formula is C21H27N3O3. The van der Waals surface area contributed by atoms with E-state index in [-0.39, 0.29) is 23.5 Å². The van der Waals surface area contributed by atoms with Crippen LogP contribution in [-0.4, -0.2) is 34.1 Å². The molecule has 1 aromatic carbocycles. The molecule has 1 atom stereocenters. The van der Waals surface area contributed by atoms with Crippen LogP contribution in [0.15, 0.2) is 30.3 Å². The third kappa shape index (κ3) is 4.63. The van der Waals surface area contributed by atoms with E-state index in [4.69, 9.17) is 4.74 Å². The summed E-state index contributed by atoms with van der Waals surface area (Å²) in [6.45, 7) is 8.44. The first-order valence-electron chi connectivity index (χ1n) is 9.35. The zero-order valence-corrected chi connectivity index (χ0v) is 16.2. The summed E-state index contributed by atoms with van der Waals surface area (Å²) in [4.78, 5) is 20.7. The van der Waals surface area contributed by atoms with Crippen LogP contribution in [-0.2, 0) is 13.0 Å². The van der Waals surface area contributed by atoms with Crippen LogP contribution in [0.3, 0.4) is 0 Å². The highest BCUT2D eigenvalue weighted by atomic mass is 16.5. The van der Waals surface area contributed by atoms with E-state index in [0.717, 1.165) is 25.1 Å². The fourth-order valence-corrected chi connectivity index (χ4v) is 3.58. The van der Waals surface area contributed by atoms with Crippen molar-refractivity contribution in [2.75, 3.05) is 13.1 Å². The van der Waals surface area contributed by atoms with Gasteiger partial charge in [0.1, 0.15) is 12.4 Å². The Kier molecular flexibility index (Phi) is 5.75. The predicted molar refractivity (Wildman–Crippen MR) is 103 cm³/mol. The summed E-state index contributed by atoms with van der Waals surface area (Å²) in [5.74, 6) is 0.155. The quantitative estimate of drug-likeness (QED) is 0.813. The molecule has 2 heterocycles. The van der Waals surface area contributed by atoms with E-state index < -0.39 is 5.97 Å². The van der Waals surface area contributed by atoms with E-state index in [2.05, 4.69) is 29.1 Å². The summed E-state index contributed by atoms with van der Waals surface area (Å²) in [5.41, 5.74) is 1.61. The van der Waals surface area contributed by atoms with Crippen molar-refractivity contribution in [1.82, 2.24) is 15.3 Å². The molecule has 27 heavy (non-hydrogen) atoms. The molecule has 2 N–H and O–H groups in total. The molecule has 0 bridgehead atoms. The van der Waals surface area contributed by atoms with Gasteiger partial charge >= 0.3 is 5.97 Å². The van der Waals surface area contributed by atoms with Gasteiger partial charge in [-0.1, -0.05) is 44.2 Å². The Morgan fingerprint density at radius 1 is 1.30 bits per heavy atom. The monoisotopic (exact) mass is 369 g/mol. The van der Waals surface area contributed by atoms with Gasteiger partial charge in [0.25, 0.3) is 0 Å². The Bertz CT molecular complexity index is 806. The van der Waals surface area contributed by atoms with Crippen LogP contribution in [0.2, 0.25) is 0 Å². The van der Waals surface area contributed by atoms with Crippen LogP contribution >= 0.6 is 0 Å².